The number of hydrogen-bond donors (Lipinski definition) is 1. The van der Waals surface area contributed by atoms with Gasteiger partial charge < -0.3 is 19.5 Å². The Kier molecular flexibility index (Phi) is 6.69. The van der Waals surface area contributed by atoms with Crippen molar-refractivity contribution in [2.75, 3.05) is 12.4 Å². The van der Waals surface area contributed by atoms with E-state index in [1.165, 1.54) is 0 Å². The molecule has 0 heterocycles. The van der Waals surface area contributed by atoms with Crippen LogP contribution < -0.4 is 19.5 Å². The van der Waals surface area contributed by atoms with Crippen LogP contribution in [0.3, 0.4) is 0 Å². The molecule has 0 aliphatic rings. The molecule has 2 unspecified atom stereocenters. The van der Waals surface area contributed by atoms with Crippen LogP contribution in [0.4, 0.5) is 5.69 Å². The molecule has 25 heavy (non-hydrogen) atoms. The molecule has 5 nitrogen and oxygen atoms in total. The number of carbonyl (C=O) groups excluding carboxylic acids is 1. The van der Waals surface area contributed by atoms with E-state index in [0.29, 0.717) is 11.4 Å². The van der Waals surface area contributed by atoms with E-state index in [2.05, 4.69) is 12.2 Å². The molecule has 0 spiro atoms. The first-order valence-corrected chi connectivity index (χ1v) is 8.40. The number of methoxy groups -OCH3 is 1. The average molecular weight is 343 g/mol. The van der Waals surface area contributed by atoms with Gasteiger partial charge in [-0.2, -0.15) is 0 Å². The fourth-order valence-corrected chi connectivity index (χ4v) is 2.09. The van der Waals surface area contributed by atoms with Gasteiger partial charge in [0.25, 0.3) is 5.91 Å². The normalized spacial score (nSPS) is 12.8. The van der Waals surface area contributed by atoms with Gasteiger partial charge in [0.15, 0.2) is 6.10 Å². The third-order valence-electron chi connectivity index (χ3n) is 3.78. The lowest BCUT2D eigenvalue weighted by Gasteiger charge is -2.16. The summed E-state index contributed by atoms with van der Waals surface area (Å²) in [5, 5.41) is 2.83. The molecule has 2 atom stereocenters. The first-order chi connectivity index (χ1) is 12.0. The Balaban J connectivity index is 1.89. The zero-order chi connectivity index (χ0) is 18.2. The Morgan fingerprint density at radius 2 is 1.44 bits per heavy atom. The van der Waals surface area contributed by atoms with E-state index >= 15 is 0 Å². The maximum atomic E-state index is 12.3. The Morgan fingerprint density at radius 3 is 2.00 bits per heavy atom. The number of anilines is 1. The van der Waals surface area contributed by atoms with Gasteiger partial charge in [-0.25, -0.2) is 0 Å². The highest BCUT2D eigenvalue weighted by Crippen LogP contribution is 2.20. The van der Waals surface area contributed by atoms with Gasteiger partial charge in [0.05, 0.1) is 13.2 Å². The van der Waals surface area contributed by atoms with E-state index in [9.17, 15) is 4.79 Å². The molecule has 0 aromatic heterocycles. The molecule has 134 valence electrons. The van der Waals surface area contributed by atoms with Crippen LogP contribution in [-0.2, 0) is 4.79 Å². The molecule has 0 radical (unpaired) electrons. The van der Waals surface area contributed by atoms with Crippen LogP contribution in [0.1, 0.15) is 27.2 Å². The first kappa shape index (κ1) is 18.6. The van der Waals surface area contributed by atoms with Crippen molar-refractivity contribution in [2.24, 2.45) is 0 Å². The summed E-state index contributed by atoms with van der Waals surface area (Å²) in [4.78, 5) is 12.3. The third-order valence-corrected chi connectivity index (χ3v) is 3.78. The predicted octanol–water partition coefficient (Wildman–Crippen LogP) is 4.28. The third kappa shape index (κ3) is 5.71. The molecule has 0 aliphatic heterocycles. The summed E-state index contributed by atoms with van der Waals surface area (Å²) >= 11 is 0. The van der Waals surface area contributed by atoms with Gasteiger partial charge in [-0.15, -0.1) is 0 Å². The van der Waals surface area contributed by atoms with Crippen molar-refractivity contribution in [3.63, 3.8) is 0 Å². The van der Waals surface area contributed by atoms with E-state index < -0.39 is 6.10 Å². The summed E-state index contributed by atoms with van der Waals surface area (Å²) in [5.74, 6) is 1.92. The standard InChI is InChI=1S/C20H25NO4/c1-5-14(2)24-18-8-6-16(7-9-18)21-20(22)15(3)25-19-12-10-17(23-4)11-13-19/h6-15H,5H2,1-4H3,(H,21,22). The smallest absolute Gasteiger partial charge is 0.265 e. The molecular formula is C20H25NO4. The minimum atomic E-state index is -0.621. The lowest BCUT2D eigenvalue weighted by molar-refractivity contribution is -0.122. The largest absolute Gasteiger partial charge is 0.497 e. The number of amides is 1. The highest BCUT2D eigenvalue weighted by atomic mass is 16.5. The number of carbonyl (C=O) groups is 1. The second kappa shape index (κ2) is 8.97. The van der Waals surface area contributed by atoms with Crippen molar-refractivity contribution in [3.05, 3.63) is 48.5 Å². The number of benzene rings is 2. The first-order valence-electron chi connectivity index (χ1n) is 8.40. The summed E-state index contributed by atoms with van der Waals surface area (Å²) in [6.07, 6.45) is 0.487. The van der Waals surface area contributed by atoms with Gasteiger partial charge in [0.2, 0.25) is 0 Å². The molecule has 0 saturated carbocycles. The topological polar surface area (TPSA) is 56.8 Å². The Hall–Kier alpha value is -2.69. The van der Waals surface area contributed by atoms with Crippen LogP contribution in [0.15, 0.2) is 48.5 Å². The Labute approximate surface area is 148 Å². The quantitative estimate of drug-likeness (QED) is 0.777. The molecule has 2 aromatic rings. The maximum Gasteiger partial charge on any atom is 0.265 e. The molecule has 2 rings (SSSR count). The summed E-state index contributed by atoms with van der Waals surface area (Å²) in [6, 6.07) is 14.4. The second-order valence-electron chi connectivity index (χ2n) is 5.79. The second-order valence-corrected chi connectivity index (χ2v) is 5.79. The van der Waals surface area contributed by atoms with Crippen molar-refractivity contribution in [1.82, 2.24) is 0 Å². The van der Waals surface area contributed by atoms with Crippen LogP contribution in [-0.4, -0.2) is 25.2 Å². The zero-order valence-corrected chi connectivity index (χ0v) is 15.1. The van der Waals surface area contributed by atoms with Crippen molar-refractivity contribution < 1.29 is 19.0 Å². The lowest BCUT2D eigenvalue weighted by atomic mass is 10.2. The Bertz CT molecular complexity index is 667. The molecule has 1 amide bonds. The van der Waals surface area contributed by atoms with Gasteiger partial charge in [0, 0.05) is 5.69 Å². The predicted molar refractivity (Wildman–Crippen MR) is 98.5 cm³/mol. The van der Waals surface area contributed by atoms with E-state index in [-0.39, 0.29) is 12.0 Å². The number of hydrogen-bond acceptors (Lipinski definition) is 4. The fraction of sp³-hybridized carbons (Fsp3) is 0.350. The highest BCUT2D eigenvalue weighted by molar-refractivity contribution is 5.94. The lowest BCUT2D eigenvalue weighted by Crippen LogP contribution is -2.30. The van der Waals surface area contributed by atoms with Gasteiger partial charge >= 0.3 is 0 Å². The SMILES string of the molecule is CCC(C)Oc1ccc(NC(=O)C(C)Oc2ccc(OC)cc2)cc1. The van der Waals surface area contributed by atoms with E-state index in [4.69, 9.17) is 14.2 Å². The average Bonchev–Trinajstić information content (AvgIpc) is 2.63. The molecular weight excluding hydrogens is 318 g/mol. The van der Waals surface area contributed by atoms with Crippen LogP contribution in [0, 0.1) is 0 Å². The molecule has 0 saturated heterocycles. The summed E-state index contributed by atoms with van der Waals surface area (Å²) < 4.78 is 16.5. The minimum Gasteiger partial charge on any atom is -0.497 e. The summed E-state index contributed by atoms with van der Waals surface area (Å²) in [5.41, 5.74) is 0.701. The van der Waals surface area contributed by atoms with E-state index in [1.807, 2.05) is 31.2 Å². The zero-order valence-electron chi connectivity index (χ0n) is 15.1. The van der Waals surface area contributed by atoms with E-state index in [1.54, 1.807) is 38.3 Å². The molecule has 0 aliphatic carbocycles. The molecule has 1 N–H and O–H groups in total. The van der Waals surface area contributed by atoms with E-state index in [0.717, 1.165) is 17.9 Å². The highest BCUT2D eigenvalue weighted by Gasteiger charge is 2.15. The number of rotatable bonds is 8. The van der Waals surface area contributed by atoms with Crippen molar-refractivity contribution in [1.29, 1.82) is 0 Å². The summed E-state index contributed by atoms with van der Waals surface area (Å²) in [6.45, 7) is 5.80. The van der Waals surface area contributed by atoms with Crippen LogP contribution in [0.2, 0.25) is 0 Å². The van der Waals surface area contributed by atoms with Crippen LogP contribution in [0.25, 0.3) is 0 Å². The van der Waals surface area contributed by atoms with Crippen LogP contribution >= 0.6 is 0 Å². The van der Waals surface area contributed by atoms with Crippen molar-refractivity contribution >= 4 is 11.6 Å². The summed E-state index contributed by atoms with van der Waals surface area (Å²) in [7, 11) is 1.60. The number of ether oxygens (including phenoxy) is 3. The van der Waals surface area contributed by atoms with Gasteiger partial charge in [-0.05, 0) is 68.8 Å². The number of nitrogens with one attached hydrogen (secondary N) is 1. The maximum absolute atomic E-state index is 12.3. The minimum absolute atomic E-state index is 0.165. The van der Waals surface area contributed by atoms with Gasteiger partial charge in [0.1, 0.15) is 17.2 Å². The van der Waals surface area contributed by atoms with Crippen molar-refractivity contribution in [2.45, 2.75) is 39.4 Å². The molecule has 0 bridgehead atoms. The van der Waals surface area contributed by atoms with Gasteiger partial charge in [-0.1, -0.05) is 6.92 Å². The molecule has 2 aromatic carbocycles. The van der Waals surface area contributed by atoms with Crippen molar-refractivity contribution in [3.8, 4) is 17.2 Å². The van der Waals surface area contributed by atoms with Gasteiger partial charge in [-0.3, -0.25) is 4.79 Å². The molecule has 5 heteroatoms. The fourth-order valence-electron chi connectivity index (χ4n) is 2.09. The van der Waals surface area contributed by atoms with Crippen LogP contribution in [0.5, 0.6) is 17.2 Å². The monoisotopic (exact) mass is 343 g/mol. The Morgan fingerprint density at radius 1 is 0.920 bits per heavy atom. The molecule has 0 fully saturated rings.